The molecule has 3 aromatic heterocycles. The minimum absolute atomic E-state index is 0.113. The van der Waals surface area contributed by atoms with Gasteiger partial charge in [-0.3, -0.25) is 0 Å². The first kappa shape index (κ1) is 24.5. The Bertz CT molecular complexity index is 2360. The Morgan fingerprint density at radius 3 is 2.23 bits per heavy atom. The van der Waals surface area contributed by atoms with Crippen LogP contribution in [0.2, 0.25) is 0 Å². The second-order valence-corrected chi connectivity index (χ2v) is 12.7. The summed E-state index contributed by atoms with van der Waals surface area (Å²) >= 11 is 1.71. The summed E-state index contributed by atoms with van der Waals surface area (Å²) in [6.07, 6.45) is 0. The van der Waals surface area contributed by atoms with Crippen molar-refractivity contribution in [3.63, 3.8) is 0 Å². The quantitative estimate of drug-likeness (QED) is 0.212. The number of benzene rings is 5. The number of thiophene rings is 1. The van der Waals surface area contributed by atoms with Gasteiger partial charge in [0.2, 0.25) is 0 Å². The molecular weight excluding hydrogens is 547 g/mol. The summed E-state index contributed by atoms with van der Waals surface area (Å²) in [6, 6.07) is 40.2. The van der Waals surface area contributed by atoms with Crippen molar-refractivity contribution >= 4 is 43.4 Å². The van der Waals surface area contributed by atoms with Gasteiger partial charge in [0.15, 0.2) is 17.5 Å². The summed E-state index contributed by atoms with van der Waals surface area (Å²) < 4.78 is 7.45. The predicted molar refractivity (Wildman–Crippen MR) is 176 cm³/mol. The molecule has 0 bridgehead atoms. The first-order valence-electron chi connectivity index (χ1n) is 14.4. The maximum absolute atomic E-state index is 6.24. The number of aromatic nitrogens is 3. The standard InChI is InChI=1S/C38H25N3OS/c1-38(2)28-14-6-4-12-26(28)34-27(13-9-15-29(34)38)36-39-35(40-37(41-36)33-21-22-10-3-8-17-32(22)43-33)23-18-19-25-24-11-5-7-16-30(24)42-31(25)20-23/h3-21H,1-2H3. The number of nitrogens with zero attached hydrogens (tertiary/aromatic N) is 3. The van der Waals surface area contributed by atoms with E-state index in [1.54, 1.807) is 11.3 Å². The maximum atomic E-state index is 6.24. The van der Waals surface area contributed by atoms with Crippen LogP contribution in [0.15, 0.2) is 120 Å². The number of para-hydroxylation sites is 1. The van der Waals surface area contributed by atoms with Crippen molar-refractivity contribution in [2.75, 3.05) is 0 Å². The summed E-state index contributed by atoms with van der Waals surface area (Å²) in [5.74, 6) is 1.98. The fraction of sp³-hybridized carbons (Fsp3) is 0.0789. The van der Waals surface area contributed by atoms with Crippen LogP contribution < -0.4 is 0 Å². The van der Waals surface area contributed by atoms with E-state index < -0.39 is 0 Å². The van der Waals surface area contributed by atoms with Gasteiger partial charge < -0.3 is 4.42 Å². The van der Waals surface area contributed by atoms with Gasteiger partial charge in [0.05, 0.1) is 4.88 Å². The fourth-order valence-electron chi connectivity index (χ4n) is 6.63. The monoisotopic (exact) mass is 571 g/mol. The molecule has 1 aliphatic rings. The summed E-state index contributed by atoms with van der Waals surface area (Å²) in [5, 5.41) is 3.37. The van der Waals surface area contributed by atoms with Gasteiger partial charge in [0.25, 0.3) is 0 Å². The predicted octanol–water partition coefficient (Wildman–Crippen LogP) is 10.3. The average molecular weight is 572 g/mol. The lowest BCUT2D eigenvalue weighted by atomic mass is 9.82. The number of hydrogen-bond donors (Lipinski definition) is 0. The van der Waals surface area contributed by atoms with Crippen LogP contribution >= 0.6 is 11.3 Å². The molecule has 0 saturated heterocycles. The minimum Gasteiger partial charge on any atom is -0.456 e. The number of rotatable bonds is 3. The molecule has 0 N–H and O–H groups in total. The Morgan fingerprint density at radius 1 is 0.581 bits per heavy atom. The van der Waals surface area contributed by atoms with E-state index in [4.69, 9.17) is 19.4 Å². The van der Waals surface area contributed by atoms with Crippen LogP contribution in [0.1, 0.15) is 25.0 Å². The van der Waals surface area contributed by atoms with E-state index in [0.29, 0.717) is 17.5 Å². The highest BCUT2D eigenvalue weighted by molar-refractivity contribution is 7.22. The molecule has 0 fully saturated rings. The van der Waals surface area contributed by atoms with Crippen molar-refractivity contribution in [1.29, 1.82) is 0 Å². The molecule has 0 unspecified atom stereocenters. The van der Waals surface area contributed by atoms with E-state index in [1.165, 1.54) is 32.3 Å². The van der Waals surface area contributed by atoms with Crippen LogP contribution in [-0.2, 0) is 5.41 Å². The summed E-state index contributed by atoms with van der Waals surface area (Å²) in [7, 11) is 0. The van der Waals surface area contributed by atoms with Crippen LogP contribution in [0.4, 0.5) is 0 Å². The molecule has 0 atom stereocenters. The molecule has 4 nitrogen and oxygen atoms in total. The van der Waals surface area contributed by atoms with Crippen LogP contribution in [0, 0.1) is 0 Å². The van der Waals surface area contributed by atoms with E-state index in [9.17, 15) is 0 Å². The molecule has 8 aromatic rings. The average Bonchev–Trinajstić information content (AvgIpc) is 3.71. The smallest absolute Gasteiger partial charge is 0.174 e. The van der Waals surface area contributed by atoms with Gasteiger partial charge in [-0.1, -0.05) is 98.8 Å². The lowest BCUT2D eigenvalue weighted by Crippen LogP contribution is -2.14. The lowest BCUT2D eigenvalue weighted by molar-refractivity contribution is 0.660. The molecule has 0 spiro atoms. The van der Waals surface area contributed by atoms with Gasteiger partial charge in [0.1, 0.15) is 11.2 Å². The van der Waals surface area contributed by atoms with Gasteiger partial charge in [-0.05, 0) is 58.0 Å². The highest BCUT2D eigenvalue weighted by atomic mass is 32.1. The van der Waals surface area contributed by atoms with Gasteiger partial charge >= 0.3 is 0 Å². The molecular formula is C38H25N3OS. The van der Waals surface area contributed by atoms with Gasteiger partial charge in [0, 0.05) is 32.0 Å². The molecule has 0 radical (unpaired) electrons. The molecule has 204 valence electrons. The van der Waals surface area contributed by atoms with Crippen molar-refractivity contribution in [3.05, 3.63) is 126 Å². The van der Waals surface area contributed by atoms with E-state index in [-0.39, 0.29) is 5.41 Å². The highest BCUT2D eigenvalue weighted by Crippen LogP contribution is 2.51. The van der Waals surface area contributed by atoms with Crippen molar-refractivity contribution in [2.45, 2.75) is 19.3 Å². The van der Waals surface area contributed by atoms with E-state index in [2.05, 4.69) is 111 Å². The number of hydrogen-bond acceptors (Lipinski definition) is 5. The van der Waals surface area contributed by atoms with Gasteiger partial charge in [-0.15, -0.1) is 11.3 Å². The Hall–Kier alpha value is -5.13. The largest absolute Gasteiger partial charge is 0.456 e. The Balaban J connectivity index is 1.30. The molecule has 43 heavy (non-hydrogen) atoms. The Morgan fingerprint density at radius 2 is 1.30 bits per heavy atom. The zero-order valence-electron chi connectivity index (χ0n) is 23.6. The van der Waals surface area contributed by atoms with Crippen molar-refractivity contribution in [3.8, 4) is 44.6 Å². The maximum Gasteiger partial charge on any atom is 0.174 e. The lowest BCUT2D eigenvalue weighted by Gasteiger charge is -2.21. The SMILES string of the molecule is CC1(C)c2ccccc2-c2c(-c3nc(-c4ccc5c(c4)oc4ccccc45)nc(-c4cc5ccccc5s4)n3)cccc21. The van der Waals surface area contributed by atoms with Crippen LogP contribution in [0.3, 0.4) is 0 Å². The van der Waals surface area contributed by atoms with E-state index in [1.807, 2.05) is 18.2 Å². The van der Waals surface area contributed by atoms with Crippen molar-refractivity contribution < 1.29 is 4.42 Å². The van der Waals surface area contributed by atoms with Crippen LogP contribution in [0.25, 0.3) is 76.6 Å². The fourth-order valence-corrected chi connectivity index (χ4v) is 7.63. The zero-order chi connectivity index (χ0) is 28.7. The second kappa shape index (κ2) is 8.93. The zero-order valence-corrected chi connectivity index (χ0v) is 24.4. The second-order valence-electron chi connectivity index (χ2n) is 11.7. The number of furan rings is 1. The molecule has 0 amide bonds. The molecule has 5 heteroatoms. The van der Waals surface area contributed by atoms with Gasteiger partial charge in [-0.25, -0.2) is 15.0 Å². The van der Waals surface area contributed by atoms with Crippen molar-refractivity contribution in [1.82, 2.24) is 15.0 Å². The minimum atomic E-state index is -0.113. The Labute approximate surface area is 252 Å². The number of fused-ring (bicyclic) bond motifs is 7. The highest BCUT2D eigenvalue weighted by Gasteiger charge is 2.37. The summed E-state index contributed by atoms with van der Waals surface area (Å²) in [5.41, 5.74) is 8.56. The van der Waals surface area contributed by atoms with Crippen molar-refractivity contribution in [2.24, 2.45) is 0 Å². The molecule has 0 aliphatic heterocycles. The first-order valence-corrected chi connectivity index (χ1v) is 15.3. The Kier molecular flexibility index (Phi) is 5.08. The van der Waals surface area contributed by atoms with E-state index in [0.717, 1.165) is 37.9 Å². The topological polar surface area (TPSA) is 51.8 Å². The summed E-state index contributed by atoms with van der Waals surface area (Å²) in [6.45, 7) is 4.59. The first-order chi connectivity index (χ1) is 21.0. The molecule has 1 aliphatic carbocycles. The van der Waals surface area contributed by atoms with Crippen LogP contribution in [-0.4, -0.2) is 15.0 Å². The third kappa shape index (κ3) is 3.65. The normalized spacial score (nSPS) is 13.5. The third-order valence-corrected chi connectivity index (χ3v) is 9.88. The molecule has 5 aromatic carbocycles. The molecule has 9 rings (SSSR count). The van der Waals surface area contributed by atoms with Gasteiger partial charge in [-0.2, -0.15) is 0 Å². The third-order valence-electron chi connectivity index (χ3n) is 8.77. The van der Waals surface area contributed by atoms with E-state index >= 15 is 0 Å². The molecule has 0 saturated carbocycles. The molecule has 3 heterocycles. The van der Waals surface area contributed by atoms with Crippen LogP contribution in [0.5, 0.6) is 0 Å². The summed E-state index contributed by atoms with van der Waals surface area (Å²) in [4.78, 5) is 16.4.